The molecule has 2 aliphatic rings. The molecular formula is C27H31N7OS. The lowest BCUT2D eigenvalue weighted by atomic mass is 10.1. The van der Waals surface area contributed by atoms with Crippen molar-refractivity contribution in [2.24, 2.45) is 0 Å². The second kappa shape index (κ2) is 9.89. The molecule has 1 fully saturated rings. The van der Waals surface area contributed by atoms with Gasteiger partial charge in [-0.2, -0.15) is 9.61 Å². The van der Waals surface area contributed by atoms with Crippen LogP contribution < -0.4 is 0 Å². The summed E-state index contributed by atoms with van der Waals surface area (Å²) >= 11 is 1.73. The van der Waals surface area contributed by atoms with Crippen molar-refractivity contribution >= 4 is 33.2 Å². The van der Waals surface area contributed by atoms with Crippen LogP contribution in [0.5, 0.6) is 0 Å². The number of aliphatic hydroxyl groups is 1. The Morgan fingerprint density at radius 1 is 1.03 bits per heavy atom. The number of hydrogen-bond acceptors (Lipinski definition) is 8. The third kappa shape index (κ3) is 4.64. The summed E-state index contributed by atoms with van der Waals surface area (Å²) in [4.78, 5) is 10.2. The molecule has 0 amide bonds. The molecule has 0 bridgehead atoms. The van der Waals surface area contributed by atoms with Gasteiger partial charge in [-0.25, -0.2) is 0 Å². The smallest absolute Gasteiger partial charge is 0.177 e. The summed E-state index contributed by atoms with van der Waals surface area (Å²) in [5.74, 6) is 0.804. The molecule has 6 rings (SSSR count). The fraction of sp³-hybridized carbons (Fsp3) is 0.407. The summed E-state index contributed by atoms with van der Waals surface area (Å²) in [6.45, 7) is 8.30. The predicted molar refractivity (Wildman–Crippen MR) is 144 cm³/mol. The summed E-state index contributed by atoms with van der Waals surface area (Å²) in [6.07, 6.45) is 5.04. The van der Waals surface area contributed by atoms with Gasteiger partial charge in [-0.05, 0) is 56.2 Å². The van der Waals surface area contributed by atoms with E-state index >= 15 is 0 Å². The lowest BCUT2D eigenvalue weighted by Crippen LogP contribution is -2.54. The van der Waals surface area contributed by atoms with E-state index < -0.39 is 6.23 Å². The van der Waals surface area contributed by atoms with Gasteiger partial charge in [0, 0.05) is 55.1 Å². The van der Waals surface area contributed by atoms with Crippen molar-refractivity contribution in [2.45, 2.75) is 44.2 Å². The molecule has 8 nitrogen and oxygen atoms in total. The number of fused-ring (bicyclic) bond motifs is 2. The van der Waals surface area contributed by atoms with Crippen molar-refractivity contribution in [3.05, 3.63) is 71.8 Å². The maximum Gasteiger partial charge on any atom is 0.177 e. The van der Waals surface area contributed by atoms with E-state index in [9.17, 15) is 5.11 Å². The van der Waals surface area contributed by atoms with Crippen LogP contribution in [0, 0.1) is 0 Å². The molecule has 1 aromatic carbocycles. The molecule has 0 saturated carbocycles. The van der Waals surface area contributed by atoms with Crippen molar-refractivity contribution < 1.29 is 5.11 Å². The van der Waals surface area contributed by atoms with Crippen LogP contribution in [0.15, 0.2) is 54.7 Å². The summed E-state index contributed by atoms with van der Waals surface area (Å²) in [5.41, 5.74) is 3.76. The molecule has 5 heterocycles. The number of aliphatic hydroxyl groups excluding tert-OH is 1. The van der Waals surface area contributed by atoms with E-state index in [4.69, 9.17) is 5.10 Å². The van der Waals surface area contributed by atoms with E-state index in [1.54, 1.807) is 11.8 Å². The van der Waals surface area contributed by atoms with Crippen LogP contribution in [0.3, 0.4) is 0 Å². The van der Waals surface area contributed by atoms with Gasteiger partial charge >= 0.3 is 0 Å². The minimum Gasteiger partial charge on any atom is -0.377 e. The van der Waals surface area contributed by atoms with E-state index in [1.165, 1.54) is 0 Å². The molecule has 1 N–H and O–H groups in total. The number of pyridine rings is 1. The van der Waals surface area contributed by atoms with Gasteiger partial charge in [0.05, 0.1) is 16.5 Å². The van der Waals surface area contributed by atoms with Crippen molar-refractivity contribution in [1.29, 1.82) is 0 Å². The lowest BCUT2D eigenvalue weighted by Gasteiger charge is -2.40. The van der Waals surface area contributed by atoms with Crippen LogP contribution in [0.2, 0.25) is 0 Å². The standard InChI is InChI=1S/C27H31N7OS/c1-18(2)32-12-14-33(15-13-32)27(35)24-9-8-23(36-24)22-7-10-25-29-30-26(34(25)31-22)17-19-5-6-21-20(16-19)4-3-11-28-21/h3-8,10-11,16,18,24,27,35H,9,12-15,17H2,1-2H3. The first-order chi connectivity index (χ1) is 17.5. The first kappa shape index (κ1) is 23.5. The minimum absolute atomic E-state index is 0.120. The highest BCUT2D eigenvalue weighted by Crippen LogP contribution is 2.40. The van der Waals surface area contributed by atoms with Gasteiger partial charge in [0.15, 0.2) is 11.5 Å². The molecule has 3 aromatic heterocycles. The molecule has 1 saturated heterocycles. The zero-order valence-electron chi connectivity index (χ0n) is 20.7. The second-order valence-corrected chi connectivity index (χ2v) is 11.1. The Morgan fingerprint density at radius 3 is 2.69 bits per heavy atom. The molecule has 186 valence electrons. The average molecular weight is 502 g/mol. The van der Waals surface area contributed by atoms with Gasteiger partial charge in [0.2, 0.25) is 0 Å². The Hall–Kier alpha value is -2.85. The Bertz CT molecular complexity index is 1410. The van der Waals surface area contributed by atoms with E-state index in [-0.39, 0.29) is 5.25 Å². The number of rotatable bonds is 6. The molecule has 4 aromatic rings. The first-order valence-electron chi connectivity index (χ1n) is 12.6. The largest absolute Gasteiger partial charge is 0.377 e. The average Bonchev–Trinajstić information content (AvgIpc) is 3.56. The second-order valence-electron chi connectivity index (χ2n) is 9.85. The zero-order valence-corrected chi connectivity index (χ0v) is 21.5. The normalized spacial score (nSPS) is 20.4. The van der Waals surface area contributed by atoms with Gasteiger partial charge in [-0.15, -0.1) is 22.0 Å². The molecule has 0 radical (unpaired) electrons. The van der Waals surface area contributed by atoms with Gasteiger partial charge in [-0.1, -0.05) is 18.2 Å². The number of nitrogens with zero attached hydrogens (tertiary/aromatic N) is 7. The zero-order chi connectivity index (χ0) is 24.6. The van der Waals surface area contributed by atoms with Gasteiger partial charge in [-0.3, -0.25) is 14.8 Å². The molecule has 0 spiro atoms. The minimum atomic E-state index is -0.449. The van der Waals surface area contributed by atoms with Crippen LogP contribution in [0.25, 0.3) is 21.5 Å². The van der Waals surface area contributed by atoms with Crippen LogP contribution in [0.4, 0.5) is 0 Å². The molecule has 36 heavy (non-hydrogen) atoms. The Labute approximate surface area is 215 Å². The molecule has 0 aliphatic carbocycles. The Kier molecular flexibility index (Phi) is 6.47. The monoisotopic (exact) mass is 501 g/mol. The fourth-order valence-corrected chi connectivity index (χ4v) is 6.31. The quantitative estimate of drug-likeness (QED) is 0.430. The molecule has 9 heteroatoms. The lowest BCUT2D eigenvalue weighted by molar-refractivity contribution is -0.0297. The van der Waals surface area contributed by atoms with Gasteiger partial charge < -0.3 is 5.11 Å². The maximum absolute atomic E-state index is 11.1. The first-order valence-corrected chi connectivity index (χ1v) is 13.5. The topological polar surface area (TPSA) is 82.7 Å². The van der Waals surface area contributed by atoms with Crippen LogP contribution in [-0.4, -0.2) is 83.4 Å². The maximum atomic E-state index is 11.1. The van der Waals surface area contributed by atoms with Crippen LogP contribution in [0.1, 0.15) is 37.4 Å². The number of piperazine rings is 1. The number of allylic oxidation sites excluding steroid dienone is 1. The van der Waals surface area contributed by atoms with Gasteiger partial charge in [0.25, 0.3) is 0 Å². The number of thioether (sulfide) groups is 1. The van der Waals surface area contributed by atoms with Crippen molar-refractivity contribution in [3.63, 3.8) is 0 Å². The number of aromatic nitrogens is 5. The molecule has 2 aliphatic heterocycles. The third-order valence-corrected chi connectivity index (χ3v) is 8.58. The number of hydrogen-bond donors (Lipinski definition) is 1. The van der Waals surface area contributed by atoms with Crippen molar-refractivity contribution in [2.75, 3.05) is 26.2 Å². The Morgan fingerprint density at radius 2 is 1.86 bits per heavy atom. The molecular weight excluding hydrogens is 470 g/mol. The molecule has 2 unspecified atom stereocenters. The highest BCUT2D eigenvalue weighted by Gasteiger charge is 2.32. The van der Waals surface area contributed by atoms with Crippen LogP contribution >= 0.6 is 11.8 Å². The Balaban J connectivity index is 1.16. The van der Waals surface area contributed by atoms with E-state index in [0.29, 0.717) is 12.5 Å². The van der Waals surface area contributed by atoms with E-state index in [1.807, 2.05) is 35.0 Å². The summed E-state index contributed by atoms with van der Waals surface area (Å²) < 4.78 is 1.85. The highest BCUT2D eigenvalue weighted by molar-refractivity contribution is 8.09. The SMILES string of the molecule is CC(C)N1CCN(C(O)C2CC=C(c3ccc4nnc(Cc5ccc6ncccc6c5)n4n3)S2)CC1. The van der Waals surface area contributed by atoms with Gasteiger partial charge in [0.1, 0.15) is 6.23 Å². The predicted octanol–water partition coefficient (Wildman–Crippen LogP) is 3.45. The van der Waals surface area contributed by atoms with Crippen molar-refractivity contribution in [1.82, 2.24) is 34.6 Å². The summed E-state index contributed by atoms with van der Waals surface area (Å²) in [6, 6.07) is 14.8. The summed E-state index contributed by atoms with van der Waals surface area (Å²) in [7, 11) is 0. The van der Waals surface area contributed by atoms with E-state index in [2.05, 4.69) is 63.1 Å². The summed E-state index contributed by atoms with van der Waals surface area (Å²) in [5, 5.41) is 26.0. The third-order valence-electron chi connectivity index (χ3n) is 7.21. The highest BCUT2D eigenvalue weighted by atomic mass is 32.2. The van der Waals surface area contributed by atoms with Crippen LogP contribution in [-0.2, 0) is 6.42 Å². The fourth-order valence-electron chi connectivity index (χ4n) is 5.08. The number of benzene rings is 1. The van der Waals surface area contributed by atoms with Crippen molar-refractivity contribution in [3.8, 4) is 0 Å². The van der Waals surface area contributed by atoms with E-state index in [0.717, 1.165) is 71.1 Å². The molecule has 2 atom stereocenters.